The highest BCUT2D eigenvalue weighted by molar-refractivity contribution is 6.39. The quantitative estimate of drug-likeness (QED) is 0.204. The maximum absolute atomic E-state index is 14.7. The van der Waals surface area contributed by atoms with Crippen LogP contribution in [0.25, 0.3) is 43.6 Å². The van der Waals surface area contributed by atoms with Crippen LogP contribution in [-0.4, -0.2) is 62.7 Å². The average molecular weight is 543 g/mol. The van der Waals surface area contributed by atoms with Crippen LogP contribution in [0.15, 0.2) is 36.4 Å². The Kier molecular flexibility index (Phi) is 5.07. The first-order valence-corrected chi connectivity index (χ1v) is 11.9. The van der Waals surface area contributed by atoms with Crippen molar-refractivity contribution in [3.63, 3.8) is 0 Å². The molecule has 39 heavy (non-hydrogen) atoms. The molecule has 1 saturated heterocycles. The van der Waals surface area contributed by atoms with Gasteiger partial charge in [-0.15, -0.1) is 0 Å². The van der Waals surface area contributed by atoms with E-state index in [2.05, 4.69) is 15.2 Å². The fraction of sp³-hybridized carbons (Fsp3) is 0.231. The topological polar surface area (TPSA) is 126 Å². The third-order valence-corrected chi connectivity index (χ3v) is 7.51. The summed E-state index contributed by atoms with van der Waals surface area (Å²) in [7, 11) is 0. The summed E-state index contributed by atoms with van der Waals surface area (Å²) in [6.45, 7) is -0.902. The highest BCUT2D eigenvalue weighted by Gasteiger charge is 2.47. The van der Waals surface area contributed by atoms with Crippen LogP contribution >= 0.6 is 0 Å². The van der Waals surface area contributed by atoms with Crippen molar-refractivity contribution in [2.45, 2.75) is 30.7 Å². The molecule has 1 fully saturated rings. The summed E-state index contributed by atoms with van der Waals surface area (Å²) in [4.78, 5) is 32.8. The van der Waals surface area contributed by atoms with E-state index in [1.165, 1.54) is 28.8 Å². The van der Waals surface area contributed by atoms with Gasteiger partial charge in [0.1, 0.15) is 36.6 Å². The molecule has 9 nitrogen and oxygen atoms in total. The van der Waals surface area contributed by atoms with Gasteiger partial charge >= 0.3 is 0 Å². The molecule has 4 N–H and O–H groups in total. The third kappa shape index (κ3) is 3.15. The highest BCUT2D eigenvalue weighted by atomic mass is 19.3. The lowest BCUT2D eigenvalue weighted by molar-refractivity contribution is -0.259. The van der Waals surface area contributed by atoms with Crippen molar-refractivity contribution in [3.8, 4) is 0 Å². The van der Waals surface area contributed by atoms with E-state index in [-0.39, 0.29) is 49.2 Å². The number of imide groups is 1. The first-order valence-electron chi connectivity index (χ1n) is 11.9. The van der Waals surface area contributed by atoms with Crippen LogP contribution in [0.4, 0.5) is 17.7 Å². The number of nitrogens with zero attached hydrogens (tertiary/aromatic N) is 1. The second-order valence-corrected chi connectivity index (χ2v) is 9.62. The molecule has 0 aliphatic carbocycles. The van der Waals surface area contributed by atoms with Gasteiger partial charge in [0.25, 0.3) is 11.8 Å². The van der Waals surface area contributed by atoms with Crippen molar-refractivity contribution >= 4 is 55.4 Å². The standard InChI is InChI=1S/C26H17F4N3O6/c27-8-1-3-12-10(5-8)15-17-18(25(37)32-24(17)36)16-11-6-9(28)2-4-13(11)33(21(16)20(15)31-12)26-23(35)22(34)19(29)14(39-26)7-38-30/h1-6,14,19,22-23,26,31,34-35H,7H2,(H,32,36,37). The van der Waals surface area contributed by atoms with Gasteiger partial charge in [-0.05, 0) is 40.9 Å². The Morgan fingerprint density at radius 3 is 2.33 bits per heavy atom. The second kappa shape index (κ2) is 8.23. The summed E-state index contributed by atoms with van der Waals surface area (Å²) < 4.78 is 63.3. The number of nitrogens with one attached hydrogen (secondary N) is 2. The first-order chi connectivity index (χ1) is 18.7. The number of H-pyrrole nitrogens is 1. The van der Waals surface area contributed by atoms with Gasteiger partial charge in [-0.25, -0.2) is 13.2 Å². The molecule has 0 saturated carbocycles. The molecule has 200 valence electrons. The molecule has 0 radical (unpaired) electrons. The van der Waals surface area contributed by atoms with Crippen molar-refractivity contribution in [1.29, 1.82) is 0 Å². The SMILES string of the molecule is O=C1NC(=O)c2c1c1c3cc(F)ccc3[nH]c1c1c2c2cc(F)ccc2n1C1OC(COF)C(F)C(O)C1O. The van der Waals surface area contributed by atoms with Crippen LogP contribution in [0.5, 0.6) is 0 Å². The summed E-state index contributed by atoms with van der Waals surface area (Å²) in [6, 6.07) is 7.35. The first kappa shape index (κ1) is 24.0. The zero-order chi connectivity index (χ0) is 27.3. The van der Waals surface area contributed by atoms with Crippen molar-refractivity contribution in [2.24, 2.45) is 0 Å². The molecule has 3 aromatic carbocycles. The molecule has 2 aliphatic heterocycles. The van der Waals surface area contributed by atoms with Gasteiger partial charge in [-0.1, -0.05) is 0 Å². The molecule has 2 amide bonds. The summed E-state index contributed by atoms with van der Waals surface area (Å²) in [5, 5.41) is 24.3. The smallest absolute Gasteiger partial charge is 0.259 e. The summed E-state index contributed by atoms with van der Waals surface area (Å²) in [6.07, 6.45) is -9.36. The number of amides is 2. The van der Waals surface area contributed by atoms with Gasteiger partial charge in [0, 0.05) is 27.1 Å². The number of carbonyl (C=O) groups is 2. The second-order valence-electron chi connectivity index (χ2n) is 9.62. The van der Waals surface area contributed by atoms with Crippen LogP contribution in [0.2, 0.25) is 0 Å². The predicted molar refractivity (Wildman–Crippen MR) is 128 cm³/mol. The van der Waals surface area contributed by atoms with E-state index in [0.29, 0.717) is 5.52 Å². The Bertz CT molecular complexity index is 1880. The molecule has 5 unspecified atom stereocenters. The normalized spacial score (nSPS) is 25.3. The van der Waals surface area contributed by atoms with E-state index < -0.39 is 60.8 Å². The largest absolute Gasteiger partial charge is 0.387 e. The summed E-state index contributed by atoms with van der Waals surface area (Å²) >= 11 is 0. The molecule has 4 heterocycles. The number of benzene rings is 3. The third-order valence-electron chi connectivity index (χ3n) is 7.51. The highest BCUT2D eigenvalue weighted by Crippen LogP contribution is 2.46. The Balaban J connectivity index is 1.69. The molecule has 5 atom stereocenters. The molecular weight excluding hydrogens is 526 g/mol. The Morgan fingerprint density at radius 1 is 0.949 bits per heavy atom. The minimum Gasteiger partial charge on any atom is -0.387 e. The maximum atomic E-state index is 14.7. The Hall–Kier alpha value is -4.04. The number of rotatable bonds is 3. The van der Waals surface area contributed by atoms with Gasteiger partial charge in [-0.3, -0.25) is 14.9 Å². The monoisotopic (exact) mass is 543 g/mol. The van der Waals surface area contributed by atoms with Crippen molar-refractivity contribution in [2.75, 3.05) is 6.61 Å². The van der Waals surface area contributed by atoms with E-state index in [0.717, 1.165) is 12.1 Å². The molecule has 5 aromatic rings. The lowest BCUT2D eigenvalue weighted by atomic mass is 9.96. The minimum absolute atomic E-state index is 0.0552. The average Bonchev–Trinajstić information content (AvgIpc) is 3.53. The number of aliphatic hydroxyl groups excluding tert-OH is 2. The number of ether oxygens (including phenoxy) is 1. The summed E-state index contributed by atoms with van der Waals surface area (Å²) in [5.41, 5.74) is 0.747. The van der Waals surface area contributed by atoms with Crippen LogP contribution < -0.4 is 5.32 Å². The van der Waals surface area contributed by atoms with Crippen molar-refractivity contribution < 1.29 is 47.2 Å². The fourth-order valence-electron chi connectivity index (χ4n) is 5.90. The number of hydrogen-bond donors (Lipinski definition) is 4. The zero-order valence-electron chi connectivity index (χ0n) is 19.5. The number of alkyl halides is 1. The van der Waals surface area contributed by atoms with Gasteiger partial charge < -0.3 is 24.5 Å². The molecule has 0 spiro atoms. The van der Waals surface area contributed by atoms with Gasteiger partial charge in [0.15, 0.2) is 12.4 Å². The number of aliphatic hydroxyl groups is 2. The Labute approximate surface area is 214 Å². The molecular formula is C26H17F4N3O6. The van der Waals surface area contributed by atoms with E-state index in [1.807, 2.05) is 0 Å². The predicted octanol–water partition coefficient (Wildman–Crippen LogP) is 3.45. The Morgan fingerprint density at radius 2 is 1.62 bits per heavy atom. The number of carbonyl (C=O) groups excluding carboxylic acids is 2. The van der Waals surface area contributed by atoms with Crippen LogP contribution in [0, 0.1) is 11.6 Å². The maximum Gasteiger partial charge on any atom is 0.259 e. The van der Waals surface area contributed by atoms with E-state index >= 15 is 0 Å². The fourth-order valence-corrected chi connectivity index (χ4v) is 5.90. The molecule has 2 aromatic heterocycles. The number of aromatic amines is 1. The summed E-state index contributed by atoms with van der Waals surface area (Å²) in [5.74, 6) is -2.82. The minimum atomic E-state index is -2.21. The van der Waals surface area contributed by atoms with Crippen LogP contribution in [-0.2, 0) is 9.68 Å². The molecule has 0 bridgehead atoms. The molecule has 13 heteroatoms. The lowest BCUT2D eigenvalue weighted by Crippen LogP contribution is -2.54. The van der Waals surface area contributed by atoms with Crippen LogP contribution in [0.1, 0.15) is 26.9 Å². The zero-order valence-corrected chi connectivity index (χ0v) is 19.5. The number of aromatic nitrogens is 2. The number of hydrogen-bond acceptors (Lipinski definition) is 6. The number of fused-ring (bicyclic) bond motifs is 10. The van der Waals surface area contributed by atoms with Crippen molar-refractivity contribution in [1.82, 2.24) is 14.9 Å². The van der Waals surface area contributed by atoms with Crippen molar-refractivity contribution in [3.05, 3.63) is 59.2 Å². The van der Waals surface area contributed by atoms with Crippen LogP contribution in [0.3, 0.4) is 0 Å². The van der Waals surface area contributed by atoms with E-state index in [1.54, 1.807) is 0 Å². The van der Waals surface area contributed by atoms with E-state index in [4.69, 9.17) is 4.74 Å². The number of halogens is 4. The van der Waals surface area contributed by atoms with Gasteiger partial charge in [0.2, 0.25) is 0 Å². The van der Waals surface area contributed by atoms with Gasteiger partial charge in [-0.2, -0.15) is 4.94 Å². The van der Waals surface area contributed by atoms with Gasteiger partial charge in [0.05, 0.1) is 27.7 Å². The molecule has 2 aliphatic rings. The van der Waals surface area contributed by atoms with E-state index in [9.17, 15) is 37.5 Å². The molecule has 7 rings (SSSR count). The lowest BCUT2D eigenvalue weighted by Gasteiger charge is -2.40.